The normalized spacial score (nSPS) is 23.8. The van der Waals surface area contributed by atoms with Gasteiger partial charge in [0.15, 0.2) is 0 Å². The van der Waals surface area contributed by atoms with Crippen LogP contribution in [-0.4, -0.2) is 41.2 Å². The second kappa shape index (κ2) is 5.54. The molecule has 0 spiro atoms. The first kappa shape index (κ1) is 15.0. The fraction of sp³-hybridized carbons (Fsp3) is 0.562. The number of carbonyl (C=O) groups is 1. The van der Waals surface area contributed by atoms with Crippen molar-refractivity contribution in [3.05, 3.63) is 35.4 Å². The molecule has 0 aliphatic carbocycles. The molecule has 2 unspecified atom stereocenters. The van der Waals surface area contributed by atoms with Crippen molar-refractivity contribution in [2.45, 2.75) is 45.5 Å². The summed E-state index contributed by atoms with van der Waals surface area (Å²) in [5, 5.41) is 10.0. The summed E-state index contributed by atoms with van der Waals surface area (Å²) in [5.74, 6) is -0.00176. The highest BCUT2D eigenvalue weighted by atomic mass is 16.5. The second-order valence-corrected chi connectivity index (χ2v) is 6.11. The van der Waals surface area contributed by atoms with Crippen LogP contribution in [-0.2, 0) is 10.3 Å². The van der Waals surface area contributed by atoms with Crippen LogP contribution in [0.15, 0.2) is 24.3 Å². The van der Waals surface area contributed by atoms with Crippen LogP contribution in [0, 0.1) is 0 Å². The molecule has 0 aromatic heterocycles. The molecule has 1 heterocycles. The van der Waals surface area contributed by atoms with Crippen LogP contribution in [0.25, 0.3) is 0 Å². The molecule has 2 rings (SSSR count). The summed E-state index contributed by atoms with van der Waals surface area (Å²) in [6, 6.07) is 7.21. The number of benzene rings is 1. The lowest BCUT2D eigenvalue weighted by molar-refractivity contribution is -0.0586. The number of morpholine rings is 1. The number of aliphatic hydroxyl groups is 1. The number of hydrogen-bond donors (Lipinski definition) is 1. The number of rotatable bonds is 2. The maximum absolute atomic E-state index is 12.6. The quantitative estimate of drug-likeness (QED) is 0.901. The molecule has 20 heavy (non-hydrogen) atoms. The zero-order valence-electron chi connectivity index (χ0n) is 12.6. The lowest BCUT2D eigenvalue weighted by atomic mass is 9.96. The monoisotopic (exact) mass is 277 g/mol. The minimum atomic E-state index is -0.943. The Kier molecular flexibility index (Phi) is 4.16. The van der Waals surface area contributed by atoms with Gasteiger partial charge in [-0.05, 0) is 45.4 Å². The maximum atomic E-state index is 12.6. The van der Waals surface area contributed by atoms with E-state index in [9.17, 15) is 9.90 Å². The van der Waals surface area contributed by atoms with Crippen LogP contribution < -0.4 is 0 Å². The molecule has 0 saturated carbocycles. The van der Waals surface area contributed by atoms with E-state index in [0.29, 0.717) is 18.7 Å². The van der Waals surface area contributed by atoms with Crippen molar-refractivity contribution in [3.63, 3.8) is 0 Å². The Bertz CT molecular complexity index is 483. The zero-order valence-corrected chi connectivity index (χ0v) is 12.6. The minimum absolute atomic E-state index is 0.00176. The first-order valence-electron chi connectivity index (χ1n) is 7.05. The van der Waals surface area contributed by atoms with Crippen LogP contribution in [0.3, 0.4) is 0 Å². The molecule has 0 bridgehead atoms. The summed E-state index contributed by atoms with van der Waals surface area (Å²) in [4.78, 5) is 14.4. The van der Waals surface area contributed by atoms with Gasteiger partial charge in [0.25, 0.3) is 5.91 Å². The maximum Gasteiger partial charge on any atom is 0.254 e. The Morgan fingerprint density at radius 2 is 1.90 bits per heavy atom. The summed E-state index contributed by atoms with van der Waals surface area (Å²) in [7, 11) is 0. The molecule has 1 aromatic rings. The van der Waals surface area contributed by atoms with Crippen molar-refractivity contribution in [1.29, 1.82) is 0 Å². The highest BCUT2D eigenvalue weighted by Gasteiger charge is 2.27. The molecule has 4 nitrogen and oxygen atoms in total. The van der Waals surface area contributed by atoms with E-state index in [1.165, 1.54) is 0 Å². The van der Waals surface area contributed by atoms with Crippen molar-refractivity contribution in [2.75, 3.05) is 13.1 Å². The molecule has 1 aliphatic heterocycles. The van der Waals surface area contributed by atoms with Crippen LogP contribution in [0.4, 0.5) is 0 Å². The van der Waals surface area contributed by atoms with E-state index in [0.717, 1.165) is 5.56 Å². The average molecular weight is 277 g/mol. The number of ether oxygens (including phenoxy) is 1. The molecule has 0 radical (unpaired) electrons. The van der Waals surface area contributed by atoms with Gasteiger partial charge in [0.1, 0.15) is 0 Å². The van der Waals surface area contributed by atoms with Gasteiger partial charge < -0.3 is 14.7 Å². The van der Waals surface area contributed by atoms with E-state index in [-0.39, 0.29) is 18.1 Å². The Morgan fingerprint density at radius 1 is 1.30 bits per heavy atom. The topological polar surface area (TPSA) is 49.8 Å². The average Bonchev–Trinajstić information content (AvgIpc) is 2.36. The van der Waals surface area contributed by atoms with E-state index < -0.39 is 5.60 Å². The van der Waals surface area contributed by atoms with Gasteiger partial charge in [0.05, 0.1) is 17.8 Å². The Hall–Kier alpha value is -1.39. The summed E-state index contributed by atoms with van der Waals surface area (Å²) in [6.45, 7) is 8.60. The van der Waals surface area contributed by atoms with Gasteiger partial charge in [-0.15, -0.1) is 0 Å². The largest absolute Gasteiger partial charge is 0.386 e. The van der Waals surface area contributed by atoms with Gasteiger partial charge in [0, 0.05) is 18.7 Å². The van der Waals surface area contributed by atoms with Gasteiger partial charge in [-0.3, -0.25) is 4.79 Å². The molecule has 1 aliphatic rings. The number of amides is 1. The fourth-order valence-electron chi connectivity index (χ4n) is 2.56. The molecular weight excluding hydrogens is 254 g/mol. The van der Waals surface area contributed by atoms with E-state index in [1.54, 1.807) is 26.0 Å². The second-order valence-electron chi connectivity index (χ2n) is 6.11. The molecule has 2 atom stereocenters. The predicted octanol–water partition coefficient (Wildman–Crippen LogP) is 2.16. The third-order valence-corrected chi connectivity index (χ3v) is 3.52. The van der Waals surface area contributed by atoms with Crippen LogP contribution >= 0.6 is 0 Å². The summed E-state index contributed by atoms with van der Waals surface area (Å²) in [6.07, 6.45) is 0.111. The first-order valence-corrected chi connectivity index (χ1v) is 7.05. The minimum Gasteiger partial charge on any atom is -0.386 e. The highest BCUT2D eigenvalue weighted by molar-refractivity contribution is 5.94. The predicted molar refractivity (Wildman–Crippen MR) is 77.6 cm³/mol. The van der Waals surface area contributed by atoms with Gasteiger partial charge in [0.2, 0.25) is 0 Å². The Labute approximate surface area is 120 Å². The molecule has 110 valence electrons. The number of nitrogens with zero attached hydrogens (tertiary/aromatic N) is 1. The van der Waals surface area contributed by atoms with Crippen molar-refractivity contribution < 1.29 is 14.6 Å². The highest BCUT2D eigenvalue weighted by Crippen LogP contribution is 2.22. The summed E-state index contributed by atoms with van der Waals surface area (Å²) >= 11 is 0. The molecule has 1 aromatic carbocycles. The van der Waals surface area contributed by atoms with Crippen molar-refractivity contribution in [3.8, 4) is 0 Å². The number of carbonyl (C=O) groups excluding carboxylic acids is 1. The summed E-state index contributed by atoms with van der Waals surface area (Å²) in [5.41, 5.74) is 0.422. The Balaban J connectivity index is 2.21. The third kappa shape index (κ3) is 3.38. The van der Waals surface area contributed by atoms with Crippen molar-refractivity contribution in [2.24, 2.45) is 0 Å². The van der Waals surface area contributed by atoms with E-state index in [2.05, 4.69) is 0 Å². The third-order valence-electron chi connectivity index (χ3n) is 3.52. The van der Waals surface area contributed by atoms with Gasteiger partial charge in [-0.1, -0.05) is 12.1 Å². The lowest BCUT2D eigenvalue weighted by Crippen LogP contribution is -2.48. The molecule has 4 heteroatoms. The van der Waals surface area contributed by atoms with Crippen molar-refractivity contribution >= 4 is 5.91 Å². The molecule has 1 N–H and O–H groups in total. The van der Waals surface area contributed by atoms with Gasteiger partial charge >= 0.3 is 0 Å². The molecule has 1 amide bonds. The zero-order chi connectivity index (χ0) is 14.9. The van der Waals surface area contributed by atoms with Crippen LogP contribution in [0.2, 0.25) is 0 Å². The number of hydrogen-bond acceptors (Lipinski definition) is 3. The van der Waals surface area contributed by atoms with E-state index >= 15 is 0 Å². The van der Waals surface area contributed by atoms with Gasteiger partial charge in [-0.25, -0.2) is 0 Å². The summed E-state index contributed by atoms with van der Waals surface area (Å²) < 4.78 is 5.65. The van der Waals surface area contributed by atoms with Gasteiger partial charge in [-0.2, -0.15) is 0 Å². The van der Waals surface area contributed by atoms with E-state index in [4.69, 9.17) is 4.74 Å². The SMILES string of the molecule is CC1CN(C(=O)c2cccc(C(C)(C)O)c2)CC(C)O1. The van der Waals surface area contributed by atoms with E-state index in [1.807, 2.05) is 30.9 Å². The molecule has 1 fully saturated rings. The fourth-order valence-corrected chi connectivity index (χ4v) is 2.56. The van der Waals surface area contributed by atoms with Crippen LogP contribution in [0.1, 0.15) is 43.6 Å². The van der Waals surface area contributed by atoms with Crippen LogP contribution in [0.5, 0.6) is 0 Å². The van der Waals surface area contributed by atoms with Crippen molar-refractivity contribution in [1.82, 2.24) is 4.90 Å². The smallest absolute Gasteiger partial charge is 0.254 e. The first-order chi connectivity index (χ1) is 9.27. The molecular formula is C16H23NO3. The lowest BCUT2D eigenvalue weighted by Gasteiger charge is -2.35. The Morgan fingerprint density at radius 3 is 2.45 bits per heavy atom. The standard InChI is InChI=1S/C16H23NO3/c1-11-9-17(10-12(2)20-11)15(18)13-6-5-7-14(8-13)16(3,4)19/h5-8,11-12,19H,9-10H2,1-4H3. The molecule has 1 saturated heterocycles.